The molecular formula is C20H21FO5. The van der Waals surface area contributed by atoms with Gasteiger partial charge < -0.3 is 18.9 Å². The van der Waals surface area contributed by atoms with Crippen molar-refractivity contribution in [3.05, 3.63) is 71.8 Å². The molecule has 0 N–H and O–H groups in total. The van der Waals surface area contributed by atoms with Gasteiger partial charge in [0.1, 0.15) is 6.10 Å². The molecule has 1 fully saturated rings. The fourth-order valence-corrected chi connectivity index (χ4v) is 2.76. The lowest BCUT2D eigenvalue weighted by Crippen LogP contribution is -2.36. The average Bonchev–Trinajstić information content (AvgIpc) is 2.98. The summed E-state index contributed by atoms with van der Waals surface area (Å²) in [4.78, 5) is 12.2. The van der Waals surface area contributed by atoms with Gasteiger partial charge in [-0.15, -0.1) is 0 Å². The van der Waals surface area contributed by atoms with Crippen molar-refractivity contribution in [1.82, 2.24) is 0 Å². The quantitative estimate of drug-likeness (QED) is 0.710. The molecule has 5 nitrogen and oxygen atoms in total. The summed E-state index contributed by atoms with van der Waals surface area (Å²) in [6.07, 6.45) is -4.51. The minimum atomic E-state index is -1.54. The van der Waals surface area contributed by atoms with Gasteiger partial charge in [0, 0.05) is 7.11 Å². The van der Waals surface area contributed by atoms with Gasteiger partial charge in [-0.05, 0) is 17.7 Å². The van der Waals surface area contributed by atoms with E-state index in [1.807, 2.05) is 30.3 Å². The first kappa shape index (κ1) is 18.5. The van der Waals surface area contributed by atoms with Crippen molar-refractivity contribution in [1.29, 1.82) is 0 Å². The SMILES string of the molecule is CO[C@H]1O[C@H](COCc2ccccc2)[C@@H](F)[C@H]1OC(=O)c1ccccc1. The molecule has 1 saturated heterocycles. The summed E-state index contributed by atoms with van der Waals surface area (Å²) in [5.41, 5.74) is 1.33. The number of ether oxygens (including phenoxy) is 4. The Labute approximate surface area is 151 Å². The summed E-state index contributed by atoms with van der Waals surface area (Å²) in [7, 11) is 1.38. The lowest BCUT2D eigenvalue weighted by Gasteiger charge is -2.18. The Bertz CT molecular complexity index is 694. The standard InChI is InChI=1S/C20H21FO5/c1-23-20-18(26-19(22)15-10-6-3-7-11-15)17(21)16(25-20)13-24-12-14-8-4-2-5-9-14/h2-11,16-18,20H,12-13H2,1H3/t16-,17-,18-,20+/m1/s1. The van der Waals surface area contributed by atoms with Gasteiger partial charge in [0.05, 0.1) is 18.8 Å². The predicted molar refractivity (Wildman–Crippen MR) is 92.3 cm³/mol. The average molecular weight is 360 g/mol. The maximum absolute atomic E-state index is 14.7. The van der Waals surface area contributed by atoms with Crippen LogP contribution in [-0.4, -0.2) is 44.4 Å². The molecule has 1 heterocycles. The Balaban J connectivity index is 1.56. The van der Waals surface area contributed by atoms with E-state index < -0.39 is 30.6 Å². The van der Waals surface area contributed by atoms with Crippen molar-refractivity contribution < 1.29 is 28.1 Å². The van der Waals surface area contributed by atoms with Crippen LogP contribution in [0.15, 0.2) is 60.7 Å². The molecule has 1 aliphatic heterocycles. The highest BCUT2D eigenvalue weighted by molar-refractivity contribution is 5.89. The number of benzene rings is 2. The molecule has 0 saturated carbocycles. The van der Waals surface area contributed by atoms with Gasteiger partial charge >= 0.3 is 5.97 Å². The number of alkyl halides is 1. The summed E-state index contributed by atoms with van der Waals surface area (Å²) in [5, 5.41) is 0. The molecule has 2 aromatic rings. The van der Waals surface area contributed by atoms with Crippen molar-refractivity contribution in [2.45, 2.75) is 31.3 Å². The van der Waals surface area contributed by atoms with Crippen LogP contribution in [0.3, 0.4) is 0 Å². The number of hydrogen-bond acceptors (Lipinski definition) is 5. The van der Waals surface area contributed by atoms with Crippen LogP contribution in [0.2, 0.25) is 0 Å². The molecule has 138 valence electrons. The molecule has 0 aromatic heterocycles. The molecule has 0 amide bonds. The Morgan fingerprint density at radius 2 is 1.73 bits per heavy atom. The molecule has 26 heavy (non-hydrogen) atoms. The highest BCUT2D eigenvalue weighted by atomic mass is 19.1. The second-order valence-electron chi connectivity index (χ2n) is 5.96. The van der Waals surface area contributed by atoms with Gasteiger partial charge in [-0.2, -0.15) is 0 Å². The summed E-state index contributed by atoms with van der Waals surface area (Å²) in [6, 6.07) is 18.0. The fourth-order valence-electron chi connectivity index (χ4n) is 2.76. The summed E-state index contributed by atoms with van der Waals surface area (Å²) in [5.74, 6) is -0.616. The number of halogens is 1. The molecule has 3 rings (SSSR count). The number of esters is 1. The lowest BCUT2D eigenvalue weighted by atomic mass is 10.1. The van der Waals surface area contributed by atoms with Crippen LogP contribution < -0.4 is 0 Å². The van der Waals surface area contributed by atoms with Gasteiger partial charge in [0.25, 0.3) is 0 Å². The van der Waals surface area contributed by atoms with E-state index in [0.29, 0.717) is 12.2 Å². The Morgan fingerprint density at radius 1 is 1.08 bits per heavy atom. The molecule has 1 aliphatic rings. The van der Waals surface area contributed by atoms with Crippen LogP contribution in [0.4, 0.5) is 4.39 Å². The highest BCUT2D eigenvalue weighted by Crippen LogP contribution is 2.28. The van der Waals surface area contributed by atoms with Crippen molar-refractivity contribution in [2.75, 3.05) is 13.7 Å². The first-order chi connectivity index (χ1) is 12.7. The normalized spacial score (nSPS) is 25.2. The summed E-state index contributed by atoms with van der Waals surface area (Å²) < 4.78 is 36.2. The van der Waals surface area contributed by atoms with Crippen molar-refractivity contribution in [3.8, 4) is 0 Å². The molecule has 0 bridgehead atoms. The smallest absolute Gasteiger partial charge is 0.338 e. The molecule has 2 aromatic carbocycles. The van der Waals surface area contributed by atoms with E-state index in [1.165, 1.54) is 7.11 Å². The van der Waals surface area contributed by atoms with Gasteiger partial charge in [-0.3, -0.25) is 0 Å². The van der Waals surface area contributed by atoms with Gasteiger partial charge in [-0.1, -0.05) is 48.5 Å². The summed E-state index contributed by atoms with van der Waals surface area (Å²) in [6.45, 7) is 0.384. The number of hydrogen-bond donors (Lipinski definition) is 0. The van der Waals surface area contributed by atoms with Crippen molar-refractivity contribution in [3.63, 3.8) is 0 Å². The lowest BCUT2D eigenvalue weighted by molar-refractivity contribution is -0.158. The van der Waals surface area contributed by atoms with E-state index in [2.05, 4.69) is 0 Å². The van der Waals surface area contributed by atoms with Gasteiger partial charge in [0.15, 0.2) is 18.6 Å². The number of rotatable bonds is 7. The van der Waals surface area contributed by atoms with Gasteiger partial charge in [0.2, 0.25) is 0 Å². The topological polar surface area (TPSA) is 54.0 Å². The Kier molecular flexibility index (Phi) is 6.33. The zero-order valence-electron chi connectivity index (χ0n) is 14.4. The van der Waals surface area contributed by atoms with Crippen LogP contribution in [0.5, 0.6) is 0 Å². The first-order valence-corrected chi connectivity index (χ1v) is 8.39. The van der Waals surface area contributed by atoms with Crippen molar-refractivity contribution >= 4 is 5.97 Å². The minimum Gasteiger partial charge on any atom is -0.450 e. The predicted octanol–water partition coefficient (Wildman–Crippen LogP) is 3.14. The van der Waals surface area contributed by atoms with E-state index in [4.69, 9.17) is 18.9 Å². The molecule has 0 spiro atoms. The van der Waals surface area contributed by atoms with Gasteiger partial charge in [-0.25, -0.2) is 9.18 Å². The van der Waals surface area contributed by atoms with Crippen LogP contribution in [-0.2, 0) is 25.6 Å². The minimum absolute atomic E-state index is 0.0370. The maximum Gasteiger partial charge on any atom is 0.338 e. The largest absolute Gasteiger partial charge is 0.450 e. The second kappa shape index (κ2) is 8.89. The first-order valence-electron chi connectivity index (χ1n) is 8.39. The maximum atomic E-state index is 14.7. The molecular weight excluding hydrogens is 339 g/mol. The Morgan fingerprint density at radius 3 is 2.38 bits per heavy atom. The van der Waals surface area contributed by atoms with E-state index in [1.54, 1.807) is 30.3 Å². The van der Waals surface area contributed by atoms with E-state index >= 15 is 0 Å². The zero-order valence-corrected chi connectivity index (χ0v) is 14.4. The zero-order chi connectivity index (χ0) is 18.4. The van der Waals surface area contributed by atoms with E-state index in [-0.39, 0.29) is 6.61 Å². The Hall–Kier alpha value is -2.28. The number of carbonyl (C=O) groups excluding carboxylic acids is 1. The number of carbonyl (C=O) groups is 1. The van der Waals surface area contributed by atoms with Crippen LogP contribution in [0, 0.1) is 0 Å². The molecule has 0 unspecified atom stereocenters. The summed E-state index contributed by atoms with van der Waals surface area (Å²) >= 11 is 0. The third kappa shape index (κ3) is 4.46. The van der Waals surface area contributed by atoms with E-state index in [9.17, 15) is 9.18 Å². The molecule has 4 atom stereocenters. The third-order valence-corrected chi connectivity index (χ3v) is 4.12. The molecule has 0 radical (unpaired) electrons. The molecule has 0 aliphatic carbocycles. The van der Waals surface area contributed by atoms with Crippen molar-refractivity contribution in [2.24, 2.45) is 0 Å². The fraction of sp³-hybridized carbons (Fsp3) is 0.350. The highest BCUT2D eigenvalue weighted by Gasteiger charge is 2.48. The van der Waals surface area contributed by atoms with Crippen LogP contribution in [0.1, 0.15) is 15.9 Å². The second-order valence-corrected chi connectivity index (χ2v) is 5.96. The van der Waals surface area contributed by atoms with Crippen LogP contribution >= 0.6 is 0 Å². The molecule has 6 heteroatoms. The number of methoxy groups -OCH3 is 1. The third-order valence-electron chi connectivity index (χ3n) is 4.12. The monoisotopic (exact) mass is 360 g/mol. The van der Waals surface area contributed by atoms with E-state index in [0.717, 1.165) is 5.56 Å². The van der Waals surface area contributed by atoms with Crippen LogP contribution in [0.25, 0.3) is 0 Å².